The van der Waals surface area contributed by atoms with E-state index in [1.165, 1.54) is 31.2 Å². The van der Waals surface area contributed by atoms with Gasteiger partial charge in [0.15, 0.2) is 0 Å². The number of rotatable bonds is 9. The lowest BCUT2D eigenvalue weighted by molar-refractivity contribution is 0.290. The minimum atomic E-state index is 0.148. The van der Waals surface area contributed by atoms with E-state index in [9.17, 15) is 0 Å². The van der Waals surface area contributed by atoms with E-state index in [-0.39, 0.29) is 5.41 Å². The fourth-order valence-electron chi connectivity index (χ4n) is 2.48. The second-order valence-corrected chi connectivity index (χ2v) is 6.68. The Labute approximate surface area is 130 Å². The number of hydrogen-bond acceptors (Lipinski definition) is 2. The molecular formula is C18H30OS. The quantitative estimate of drug-likeness (QED) is 0.433. The minimum absolute atomic E-state index is 0.148. The summed E-state index contributed by atoms with van der Waals surface area (Å²) in [6.07, 6.45) is 7.29. The van der Waals surface area contributed by atoms with Crippen molar-refractivity contribution in [1.82, 2.24) is 0 Å². The number of para-hydroxylation sites is 1. The zero-order chi connectivity index (χ0) is 15.0. The van der Waals surface area contributed by atoms with Gasteiger partial charge in [-0.1, -0.05) is 65.5 Å². The predicted molar refractivity (Wildman–Crippen MR) is 91.3 cm³/mol. The summed E-state index contributed by atoms with van der Waals surface area (Å²) >= 11 is 4.59. The molecule has 0 aliphatic heterocycles. The fourth-order valence-corrected chi connectivity index (χ4v) is 2.75. The summed E-state index contributed by atoms with van der Waals surface area (Å²) in [7, 11) is 0. The van der Waals surface area contributed by atoms with Gasteiger partial charge < -0.3 is 4.74 Å². The van der Waals surface area contributed by atoms with E-state index in [0.29, 0.717) is 0 Å². The summed E-state index contributed by atoms with van der Waals surface area (Å²) in [6, 6.07) is 6.31. The SMILES string of the molecule is CCCCCC(C)(C)c1cccc(S)c1OCCCC. The van der Waals surface area contributed by atoms with Crippen LogP contribution in [0.3, 0.4) is 0 Å². The van der Waals surface area contributed by atoms with Crippen LogP contribution in [0.2, 0.25) is 0 Å². The molecule has 114 valence electrons. The Balaban J connectivity index is 2.88. The first-order chi connectivity index (χ1) is 9.53. The van der Waals surface area contributed by atoms with Crippen molar-refractivity contribution in [2.45, 2.75) is 76.5 Å². The largest absolute Gasteiger partial charge is 0.492 e. The number of unbranched alkanes of at least 4 members (excludes halogenated alkanes) is 3. The van der Waals surface area contributed by atoms with Crippen LogP contribution < -0.4 is 4.74 Å². The standard InChI is InChI=1S/C18H30OS/c1-5-7-9-13-18(3,4)15-11-10-12-16(20)17(15)19-14-8-6-2/h10-12,20H,5-9,13-14H2,1-4H3. The van der Waals surface area contributed by atoms with E-state index in [4.69, 9.17) is 4.74 Å². The van der Waals surface area contributed by atoms with Crippen LogP contribution in [0.25, 0.3) is 0 Å². The summed E-state index contributed by atoms with van der Waals surface area (Å²) < 4.78 is 6.02. The minimum Gasteiger partial charge on any atom is -0.492 e. The third-order valence-electron chi connectivity index (χ3n) is 3.87. The van der Waals surface area contributed by atoms with Crippen molar-refractivity contribution in [2.75, 3.05) is 6.61 Å². The molecule has 2 heteroatoms. The predicted octanol–water partition coefficient (Wildman–Crippen LogP) is 6.01. The molecular weight excluding hydrogens is 264 g/mol. The Bertz CT molecular complexity index is 398. The summed E-state index contributed by atoms with van der Waals surface area (Å²) in [6.45, 7) is 9.86. The highest BCUT2D eigenvalue weighted by atomic mass is 32.1. The van der Waals surface area contributed by atoms with Crippen LogP contribution in [0.15, 0.2) is 23.1 Å². The molecule has 0 aliphatic rings. The highest BCUT2D eigenvalue weighted by Crippen LogP contribution is 2.39. The van der Waals surface area contributed by atoms with E-state index >= 15 is 0 Å². The highest BCUT2D eigenvalue weighted by Gasteiger charge is 2.25. The molecule has 0 N–H and O–H groups in total. The van der Waals surface area contributed by atoms with Crippen molar-refractivity contribution < 1.29 is 4.74 Å². The average molecular weight is 295 g/mol. The Kier molecular flexibility index (Phi) is 7.50. The Morgan fingerprint density at radius 3 is 2.40 bits per heavy atom. The molecule has 0 unspecified atom stereocenters. The van der Waals surface area contributed by atoms with Crippen molar-refractivity contribution in [3.8, 4) is 5.75 Å². The molecule has 0 aliphatic carbocycles. The Morgan fingerprint density at radius 1 is 1.05 bits per heavy atom. The van der Waals surface area contributed by atoms with Gasteiger partial charge in [-0.05, 0) is 24.3 Å². The van der Waals surface area contributed by atoms with Crippen molar-refractivity contribution in [3.05, 3.63) is 23.8 Å². The first-order valence-electron chi connectivity index (χ1n) is 7.98. The second-order valence-electron chi connectivity index (χ2n) is 6.20. The van der Waals surface area contributed by atoms with Gasteiger partial charge in [-0.2, -0.15) is 0 Å². The maximum Gasteiger partial charge on any atom is 0.136 e. The van der Waals surface area contributed by atoms with Crippen LogP contribution in [0.4, 0.5) is 0 Å². The van der Waals surface area contributed by atoms with Crippen LogP contribution in [0.5, 0.6) is 5.75 Å². The topological polar surface area (TPSA) is 9.23 Å². The molecule has 0 atom stereocenters. The van der Waals surface area contributed by atoms with E-state index in [0.717, 1.165) is 30.1 Å². The lowest BCUT2D eigenvalue weighted by Gasteiger charge is -2.28. The zero-order valence-electron chi connectivity index (χ0n) is 13.5. The molecule has 0 bridgehead atoms. The number of ether oxygens (including phenoxy) is 1. The number of benzene rings is 1. The van der Waals surface area contributed by atoms with Crippen LogP contribution in [0, 0.1) is 0 Å². The molecule has 0 saturated carbocycles. The van der Waals surface area contributed by atoms with E-state index < -0.39 is 0 Å². The Hall–Kier alpha value is -0.630. The summed E-state index contributed by atoms with van der Waals surface area (Å²) in [5.74, 6) is 0.991. The monoisotopic (exact) mass is 294 g/mol. The lowest BCUT2D eigenvalue weighted by atomic mass is 9.79. The molecule has 0 fully saturated rings. The van der Waals surface area contributed by atoms with Gasteiger partial charge in [-0.3, -0.25) is 0 Å². The zero-order valence-corrected chi connectivity index (χ0v) is 14.4. The highest BCUT2D eigenvalue weighted by molar-refractivity contribution is 7.80. The third kappa shape index (κ3) is 5.05. The van der Waals surface area contributed by atoms with Crippen LogP contribution in [-0.2, 0) is 5.41 Å². The number of thiol groups is 1. The summed E-state index contributed by atoms with van der Waals surface area (Å²) in [5.41, 5.74) is 1.45. The van der Waals surface area contributed by atoms with Crippen LogP contribution in [0.1, 0.15) is 71.8 Å². The molecule has 1 aromatic carbocycles. The molecule has 1 rings (SSSR count). The van der Waals surface area contributed by atoms with Crippen molar-refractivity contribution in [1.29, 1.82) is 0 Å². The molecule has 0 heterocycles. The normalized spacial score (nSPS) is 11.7. The van der Waals surface area contributed by atoms with Gasteiger partial charge in [0.05, 0.1) is 6.61 Å². The molecule has 20 heavy (non-hydrogen) atoms. The average Bonchev–Trinajstić information content (AvgIpc) is 2.41. The van der Waals surface area contributed by atoms with Crippen molar-refractivity contribution in [3.63, 3.8) is 0 Å². The summed E-state index contributed by atoms with van der Waals surface area (Å²) in [5, 5.41) is 0. The van der Waals surface area contributed by atoms with E-state index in [1.54, 1.807) is 0 Å². The van der Waals surface area contributed by atoms with Gasteiger partial charge in [-0.25, -0.2) is 0 Å². The summed E-state index contributed by atoms with van der Waals surface area (Å²) in [4.78, 5) is 0.960. The fraction of sp³-hybridized carbons (Fsp3) is 0.667. The molecule has 0 amide bonds. The van der Waals surface area contributed by atoms with E-state index in [2.05, 4.69) is 52.5 Å². The van der Waals surface area contributed by atoms with Gasteiger partial charge in [0.1, 0.15) is 5.75 Å². The lowest BCUT2D eigenvalue weighted by Crippen LogP contribution is -2.19. The van der Waals surface area contributed by atoms with Crippen molar-refractivity contribution >= 4 is 12.6 Å². The first-order valence-corrected chi connectivity index (χ1v) is 8.43. The second kappa shape index (κ2) is 8.61. The van der Waals surface area contributed by atoms with Gasteiger partial charge in [0, 0.05) is 10.5 Å². The maximum absolute atomic E-state index is 6.02. The first kappa shape index (κ1) is 17.4. The van der Waals surface area contributed by atoms with Gasteiger partial charge in [0.25, 0.3) is 0 Å². The molecule has 0 aromatic heterocycles. The third-order valence-corrected chi connectivity index (χ3v) is 4.23. The number of hydrogen-bond donors (Lipinski definition) is 1. The molecule has 0 saturated heterocycles. The maximum atomic E-state index is 6.02. The molecule has 1 nitrogen and oxygen atoms in total. The Morgan fingerprint density at radius 2 is 1.75 bits per heavy atom. The van der Waals surface area contributed by atoms with Crippen molar-refractivity contribution in [2.24, 2.45) is 0 Å². The van der Waals surface area contributed by atoms with Gasteiger partial charge >= 0.3 is 0 Å². The molecule has 0 radical (unpaired) electrons. The van der Waals surface area contributed by atoms with Gasteiger partial charge in [-0.15, -0.1) is 12.6 Å². The van der Waals surface area contributed by atoms with Crippen LogP contribution in [-0.4, -0.2) is 6.61 Å². The van der Waals surface area contributed by atoms with E-state index in [1.807, 2.05) is 6.07 Å². The van der Waals surface area contributed by atoms with Gasteiger partial charge in [0.2, 0.25) is 0 Å². The smallest absolute Gasteiger partial charge is 0.136 e. The molecule has 0 spiro atoms. The molecule has 1 aromatic rings. The van der Waals surface area contributed by atoms with Crippen LogP contribution >= 0.6 is 12.6 Å².